The summed E-state index contributed by atoms with van der Waals surface area (Å²) >= 11 is 0. The summed E-state index contributed by atoms with van der Waals surface area (Å²) in [5.41, 5.74) is -0.802. The van der Waals surface area contributed by atoms with Gasteiger partial charge in [0.05, 0.1) is 22.3 Å². The van der Waals surface area contributed by atoms with E-state index in [0.29, 0.717) is 0 Å². The highest BCUT2D eigenvalue weighted by Gasteiger charge is 2.18. The minimum atomic E-state index is -4.63. The van der Waals surface area contributed by atoms with Crippen LogP contribution in [0.15, 0.2) is 35.9 Å². The van der Waals surface area contributed by atoms with Crippen molar-refractivity contribution < 1.29 is 32.4 Å². The maximum absolute atomic E-state index is 11.3. The van der Waals surface area contributed by atoms with Crippen molar-refractivity contribution in [2.45, 2.75) is 4.90 Å². The third kappa shape index (κ3) is 3.15. The number of hydrogen-bond donors (Lipinski definition) is 2. The molecule has 7 nitrogen and oxygen atoms in total. The first-order valence-corrected chi connectivity index (χ1v) is 5.87. The van der Waals surface area contributed by atoms with Gasteiger partial charge in [0.1, 0.15) is 0 Å². The first-order chi connectivity index (χ1) is 8.25. The molecule has 0 heterocycles. The van der Waals surface area contributed by atoms with Crippen LogP contribution in [0.1, 0.15) is 20.7 Å². The second-order valence-electron chi connectivity index (χ2n) is 3.10. The lowest BCUT2D eigenvalue weighted by atomic mass is 10.1. The van der Waals surface area contributed by atoms with Gasteiger partial charge in [0.15, 0.2) is 0 Å². The van der Waals surface area contributed by atoms with Gasteiger partial charge in [-0.15, -0.1) is 0 Å². The SMILES string of the molecule is C=COC(=O)c1cc(C(=O)O)cc(S(=O)(=O)O)c1. The van der Waals surface area contributed by atoms with Crippen molar-refractivity contribution in [2.75, 3.05) is 0 Å². The predicted octanol–water partition coefficient (Wildman–Crippen LogP) is 0.932. The number of carbonyl (C=O) groups excluding carboxylic acids is 1. The van der Waals surface area contributed by atoms with E-state index in [1.807, 2.05) is 0 Å². The lowest BCUT2D eigenvalue weighted by molar-refractivity contribution is 0.0664. The summed E-state index contributed by atoms with van der Waals surface area (Å²) in [6.07, 6.45) is 0.808. The zero-order valence-electron chi connectivity index (χ0n) is 8.86. The molecule has 0 aliphatic carbocycles. The molecule has 0 radical (unpaired) electrons. The maximum atomic E-state index is 11.3. The summed E-state index contributed by atoms with van der Waals surface area (Å²) in [4.78, 5) is 21.4. The molecule has 0 fully saturated rings. The Bertz CT molecular complexity index is 615. The fourth-order valence-electron chi connectivity index (χ4n) is 1.13. The topological polar surface area (TPSA) is 118 Å². The summed E-state index contributed by atoms with van der Waals surface area (Å²) in [5.74, 6) is -2.44. The monoisotopic (exact) mass is 272 g/mol. The number of carbonyl (C=O) groups is 2. The molecule has 2 N–H and O–H groups in total. The van der Waals surface area contributed by atoms with E-state index in [1.54, 1.807) is 0 Å². The third-order valence-corrected chi connectivity index (χ3v) is 2.71. The van der Waals surface area contributed by atoms with Gasteiger partial charge in [0.2, 0.25) is 0 Å². The van der Waals surface area contributed by atoms with Crippen LogP contribution in [-0.4, -0.2) is 30.0 Å². The van der Waals surface area contributed by atoms with Gasteiger partial charge in [0.25, 0.3) is 10.1 Å². The van der Waals surface area contributed by atoms with Gasteiger partial charge >= 0.3 is 11.9 Å². The van der Waals surface area contributed by atoms with Crippen molar-refractivity contribution in [2.24, 2.45) is 0 Å². The molecule has 0 saturated heterocycles. The molecule has 0 unspecified atom stereocenters. The van der Waals surface area contributed by atoms with Crippen LogP contribution in [0.4, 0.5) is 0 Å². The van der Waals surface area contributed by atoms with Crippen LogP contribution in [0.25, 0.3) is 0 Å². The zero-order valence-corrected chi connectivity index (χ0v) is 9.68. The number of hydrogen-bond acceptors (Lipinski definition) is 5. The van der Waals surface area contributed by atoms with Crippen molar-refractivity contribution in [3.05, 3.63) is 42.2 Å². The Balaban J connectivity index is 3.45. The van der Waals surface area contributed by atoms with E-state index in [0.717, 1.165) is 24.5 Å². The first-order valence-electron chi connectivity index (χ1n) is 4.43. The molecule has 1 rings (SSSR count). The van der Waals surface area contributed by atoms with E-state index in [2.05, 4.69) is 11.3 Å². The maximum Gasteiger partial charge on any atom is 0.342 e. The second kappa shape index (κ2) is 4.98. The Morgan fingerprint density at radius 3 is 2.22 bits per heavy atom. The highest BCUT2D eigenvalue weighted by atomic mass is 32.2. The largest absolute Gasteiger partial charge is 0.478 e. The van der Waals surface area contributed by atoms with Gasteiger partial charge in [-0.2, -0.15) is 8.42 Å². The fraction of sp³-hybridized carbons (Fsp3) is 0. The Labute approximate surface area is 102 Å². The molecule has 0 aromatic heterocycles. The molecule has 0 saturated carbocycles. The van der Waals surface area contributed by atoms with Crippen LogP contribution in [0.3, 0.4) is 0 Å². The second-order valence-corrected chi connectivity index (χ2v) is 4.52. The van der Waals surface area contributed by atoms with Crippen molar-refractivity contribution in [3.8, 4) is 0 Å². The van der Waals surface area contributed by atoms with Gasteiger partial charge in [-0.25, -0.2) is 9.59 Å². The normalized spacial score (nSPS) is 10.7. The van der Waals surface area contributed by atoms with Gasteiger partial charge < -0.3 is 9.84 Å². The van der Waals surface area contributed by atoms with Crippen LogP contribution < -0.4 is 0 Å². The van der Waals surface area contributed by atoms with Gasteiger partial charge in [0, 0.05) is 0 Å². The molecular formula is C10H8O7S. The van der Waals surface area contributed by atoms with Crippen molar-refractivity contribution in [1.29, 1.82) is 0 Å². The third-order valence-electron chi connectivity index (χ3n) is 1.88. The lowest BCUT2D eigenvalue weighted by Gasteiger charge is -2.04. The summed E-state index contributed by atoms with van der Waals surface area (Å²) in [6.45, 7) is 3.13. The van der Waals surface area contributed by atoms with Gasteiger partial charge in [-0.3, -0.25) is 4.55 Å². The Hall–Kier alpha value is -2.19. The highest BCUT2D eigenvalue weighted by Crippen LogP contribution is 2.16. The van der Waals surface area contributed by atoms with Crippen molar-refractivity contribution in [1.82, 2.24) is 0 Å². The standard InChI is InChI=1S/C10H8O7S/c1-2-17-10(13)7-3-6(9(11)12)4-8(5-7)18(14,15)16/h2-5H,1H2,(H,11,12)(H,14,15,16). The lowest BCUT2D eigenvalue weighted by Crippen LogP contribution is -2.08. The van der Waals surface area contributed by atoms with Crippen LogP contribution in [0.5, 0.6) is 0 Å². The average Bonchev–Trinajstić information content (AvgIpc) is 2.27. The molecule has 1 aromatic carbocycles. The summed E-state index contributed by atoms with van der Waals surface area (Å²) in [6, 6.07) is 2.44. The molecule has 0 atom stereocenters. The molecule has 8 heteroatoms. The summed E-state index contributed by atoms with van der Waals surface area (Å²) in [5, 5.41) is 8.76. The molecule has 18 heavy (non-hydrogen) atoms. The predicted molar refractivity (Wildman–Crippen MR) is 58.8 cm³/mol. The molecular weight excluding hydrogens is 264 g/mol. The first kappa shape index (κ1) is 13.9. The molecule has 1 aromatic rings. The number of esters is 1. The van der Waals surface area contributed by atoms with Crippen LogP contribution in [0.2, 0.25) is 0 Å². The Morgan fingerprint density at radius 2 is 1.78 bits per heavy atom. The Kier molecular flexibility index (Phi) is 3.84. The minimum Gasteiger partial charge on any atom is -0.478 e. The fourth-order valence-corrected chi connectivity index (χ4v) is 1.68. The number of carboxylic acid groups (broad SMARTS) is 1. The number of aromatic carboxylic acids is 1. The van der Waals surface area contributed by atoms with Crippen LogP contribution >= 0.6 is 0 Å². The molecule has 0 spiro atoms. The van der Waals surface area contributed by atoms with E-state index in [4.69, 9.17) is 9.66 Å². The van der Waals surface area contributed by atoms with E-state index in [-0.39, 0.29) is 5.56 Å². The quantitative estimate of drug-likeness (QED) is 0.475. The van der Waals surface area contributed by atoms with Crippen molar-refractivity contribution >= 4 is 22.1 Å². The number of carboxylic acids is 1. The minimum absolute atomic E-state index is 0.331. The average molecular weight is 272 g/mol. The highest BCUT2D eigenvalue weighted by molar-refractivity contribution is 7.85. The molecule has 0 bridgehead atoms. The smallest absolute Gasteiger partial charge is 0.342 e. The Morgan fingerprint density at radius 1 is 1.22 bits per heavy atom. The van der Waals surface area contributed by atoms with Gasteiger partial charge in [-0.1, -0.05) is 6.58 Å². The van der Waals surface area contributed by atoms with Gasteiger partial charge in [-0.05, 0) is 18.2 Å². The summed E-state index contributed by atoms with van der Waals surface area (Å²) in [7, 11) is -4.63. The van der Waals surface area contributed by atoms with E-state index >= 15 is 0 Å². The van der Waals surface area contributed by atoms with E-state index < -0.39 is 32.5 Å². The molecule has 0 amide bonds. The number of ether oxygens (including phenoxy) is 1. The summed E-state index contributed by atoms with van der Waals surface area (Å²) < 4.78 is 35.1. The van der Waals surface area contributed by atoms with Crippen molar-refractivity contribution in [3.63, 3.8) is 0 Å². The zero-order chi connectivity index (χ0) is 13.9. The number of benzene rings is 1. The number of rotatable bonds is 4. The van der Waals surface area contributed by atoms with E-state index in [1.165, 1.54) is 0 Å². The van der Waals surface area contributed by atoms with Crippen LogP contribution in [-0.2, 0) is 14.9 Å². The molecule has 0 aliphatic rings. The van der Waals surface area contributed by atoms with E-state index in [9.17, 15) is 18.0 Å². The molecule has 0 aliphatic heterocycles. The van der Waals surface area contributed by atoms with Crippen LogP contribution in [0, 0.1) is 0 Å². The molecule has 96 valence electrons.